The van der Waals surface area contributed by atoms with Crippen molar-refractivity contribution >= 4 is 23.1 Å². The summed E-state index contributed by atoms with van der Waals surface area (Å²) in [6, 6.07) is 7.70. The third-order valence-electron chi connectivity index (χ3n) is 2.46. The van der Waals surface area contributed by atoms with Crippen LogP contribution in [-0.2, 0) is 0 Å². The van der Waals surface area contributed by atoms with Gasteiger partial charge in [-0.3, -0.25) is 0 Å². The van der Waals surface area contributed by atoms with E-state index in [4.69, 9.17) is 16.3 Å². The van der Waals surface area contributed by atoms with Crippen molar-refractivity contribution in [3.05, 3.63) is 41.3 Å². The molecule has 0 aliphatic heterocycles. The average Bonchev–Trinajstić information content (AvgIpc) is 2.37. The van der Waals surface area contributed by atoms with Gasteiger partial charge in [0, 0.05) is 5.56 Å². The van der Waals surface area contributed by atoms with Gasteiger partial charge in [-0.25, -0.2) is 9.97 Å². The van der Waals surface area contributed by atoms with E-state index in [9.17, 15) is 0 Å². The second-order valence-electron chi connectivity index (χ2n) is 3.69. The van der Waals surface area contributed by atoms with Gasteiger partial charge in [-0.2, -0.15) is 0 Å². The van der Waals surface area contributed by atoms with Gasteiger partial charge < -0.3 is 10.1 Å². The van der Waals surface area contributed by atoms with Crippen molar-refractivity contribution in [2.75, 3.05) is 11.9 Å². The molecule has 2 aromatic rings. The lowest BCUT2D eigenvalue weighted by molar-refractivity contribution is 0.342. The number of para-hydroxylation sites is 2. The Morgan fingerprint density at radius 1 is 1.28 bits per heavy atom. The molecule has 4 nitrogen and oxygen atoms in total. The molecule has 1 heterocycles. The number of nitrogens with zero attached hydrogens (tertiary/aromatic N) is 2. The normalized spacial score (nSPS) is 10.2. The minimum atomic E-state index is 0.446. The van der Waals surface area contributed by atoms with Gasteiger partial charge in [0.05, 0.1) is 12.3 Å². The highest BCUT2D eigenvalue weighted by molar-refractivity contribution is 6.30. The van der Waals surface area contributed by atoms with Crippen molar-refractivity contribution in [3.63, 3.8) is 0 Å². The van der Waals surface area contributed by atoms with Crippen molar-refractivity contribution in [3.8, 4) is 5.75 Å². The minimum Gasteiger partial charge on any atom is -0.492 e. The Morgan fingerprint density at radius 2 is 2.06 bits per heavy atom. The number of rotatable bonds is 4. The summed E-state index contributed by atoms with van der Waals surface area (Å²) in [5.74, 6) is 1.47. The standard InChI is InChI=1S/C13H14ClN3O/c1-3-18-11-7-5-4-6-10(11)17-13-9(2)12(14)15-8-16-13/h4-8H,3H2,1-2H3,(H,15,16,17). The number of halogens is 1. The number of ether oxygens (including phenoxy) is 1. The van der Waals surface area contributed by atoms with Crippen molar-refractivity contribution in [2.24, 2.45) is 0 Å². The number of hydrogen-bond donors (Lipinski definition) is 1. The largest absolute Gasteiger partial charge is 0.492 e. The maximum atomic E-state index is 5.96. The van der Waals surface area contributed by atoms with E-state index in [2.05, 4.69) is 15.3 Å². The number of hydrogen-bond acceptors (Lipinski definition) is 4. The van der Waals surface area contributed by atoms with Crippen LogP contribution in [0.4, 0.5) is 11.5 Å². The molecule has 0 unspecified atom stereocenters. The molecule has 0 saturated carbocycles. The minimum absolute atomic E-state index is 0.446. The second kappa shape index (κ2) is 5.69. The molecule has 0 radical (unpaired) electrons. The predicted molar refractivity (Wildman–Crippen MR) is 72.7 cm³/mol. The Labute approximate surface area is 111 Å². The van der Waals surface area contributed by atoms with Crippen LogP contribution in [0.5, 0.6) is 5.75 Å². The molecule has 0 aliphatic carbocycles. The summed E-state index contributed by atoms with van der Waals surface area (Å²) in [5, 5.41) is 3.65. The predicted octanol–water partition coefficient (Wildman–Crippen LogP) is 3.58. The molecule has 0 fully saturated rings. The van der Waals surface area contributed by atoms with Crippen LogP contribution < -0.4 is 10.1 Å². The highest BCUT2D eigenvalue weighted by Crippen LogP contribution is 2.28. The van der Waals surface area contributed by atoms with Crippen molar-refractivity contribution in [1.29, 1.82) is 0 Å². The van der Waals surface area contributed by atoms with E-state index >= 15 is 0 Å². The fraction of sp³-hybridized carbons (Fsp3) is 0.231. The van der Waals surface area contributed by atoms with Gasteiger partial charge in [0.15, 0.2) is 0 Å². The van der Waals surface area contributed by atoms with Gasteiger partial charge in [0.2, 0.25) is 0 Å². The monoisotopic (exact) mass is 263 g/mol. The highest BCUT2D eigenvalue weighted by atomic mass is 35.5. The summed E-state index contributed by atoms with van der Waals surface area (Å²) in [4.78, 5) is 8.10. The summed E-state index contributed by atoms with van der Waals surface area (Å²) in [6.45, 7) is 4.43. The lowest BCUT2D eigenvalue weighted by atomic mass is 10.2. The molecule has 1 aromatic heterocycles. The third kappa shape index (κ3) is 2.71. The van der Waals surface area contributed by atoms with E-state index in [1.165, 1.54) is 6.33 Å². The Bertz CT molecular complexity index is 546. The molecule has 0 saturated heterocycles. The molecule has 1 aromatic carbocycles. The summed E-state index contributed by atoms with van der Waals surface area (Å²) >= 11 is 5.96. The molecule has 0 aliphatic rings. The van der Waals surface area contributed by atoms with Crippen LogP contribution >= 0.6 is 11.6 Å². The van der Waals surface area contributed by atoms with Gasteiger partial charge >= 0.3 is 0 Å². The summed E-state index contributed by atoms with van der Waals surface area (Å²) < 4.78 is 5.54. The van der Waals surface area contributed by atoms with E-state index in [-0.39, 0.29) is 0 Å². The maximum Gasteiger partial charge on any atom is 0.142 e. The molecule has 0 bridgehead atoms. The van der Waals surface area contributed by atoms with E-state index in [0.29, 0.717) is 17.6 Å². The molecule has 5 heteroatoms. The summed E-state index contributed by atoms with van der Waals surface area (Å²) in [7, 11) is 0. The molecule has 94 valence electrons. The van der Waals surface area contributed by atoms with Crippen LogP contribution in [0.3, 0.4) is 0 Å². The van der Waals surface area contributed by atoms with Crippen molar-refractivity contribution in [2.45, 2.75) is 13.8 Å². The number of nitrogens with one attached hydrogen (secondary N) is 1. The fourth-order valence-corrected chi connectivity index (χ4v) is 1.67. The van der Waals surface area contributed by atoms with Crippen LogP contribution in [0.1, 0.15) is 12.5 Å². The van der Waals surface area contributed by atoms with Crippen molar-refractivity contribution in [1.82, 2.24) is 9.97 Å². The third-order valence-corrected chi connectivity index (χ3v) is 2.84. The topological polar surface area (TPSA) is 47.0 Å². The smallest absolute Gasteiger partial charge is 0.142 e. The van der Waals surface area contributed by atoms with Crippen LogP contribution in [0, 0.1) is 6.92 Å². The van der Waals surface area contributed by atoms with Crippen LogP contribution in [0.2, 0.25) is 5.15 Å². The lowest BCUT2D eigenvalue weighted by Gasteiger charge is -2.13. The quantitative estimate of drug-likeness (QED) is 0.857. The average molecular weight is 264 g/mol. The SMILES string of the molecule is CCOc1ccccc1Nc1ncnc(Cl)c1C. The number of aromatic nitrogens is 2. The van der Waals surface area contributed by atoms with Crippen LogP contribution in [0.25, 0.3) is 0 Å². The van der Waals surface area contributed by atoms with Gasteiger partial charge in [-0.05, 0) is 26.0 Å². The van der Waals surface area contributed by atoms with Gasteiger partial charge in [0.1, 0.15) is 23.0 Å². The van der Waals surface area contributed by atoms with E-state index in [0.717, 1.165) is 17.0 Å². The zero-order chi connectivity index (χ0) is 13.0. The summed E-state index contributed by atoms with van der Waals surface area (Å²) in [6.07, 6.45) is 1.43. The van der Waals surface area contributed by atoms with Gasteiger partial charge in [-0.15, -0.1) is 0 Å². The molecule has 0 atom stereocenters. The molecule has 0 amide bonds. The van der Waals surface area contributed by atoms with E-state index in [1.54, 1.807) is 0 Å². The molecule has 18 heavy (non-hydrogen) atoms. The Hall–Kier alpha value is -1.81. The Morgan fingerprint density at radius 3 is 2.83 bits per heavy atom. The second-order valence-corrected chi connectivity index (χ2v) is 4.05. The zero-order valence-electron chi connectivity index (χ0n) is 10.3. The number of benzene rings is 1. The first kappa shape index (κ1) is 12.6. The van der Waals surface area contributed by atoms with Crippen LogP contribution in [0.15, 0.2) is 30.6 Å². The Balaban J connectivity index is 2.31. The number of anilines is 2. The van der Waals surface area contributed by atoms with E-state index < -0.39 is 0 Å². The molecular formula is C13H14ClN3O. The molecule has 0 spiro atoms. The first-order valence-corrected chi connectivity index (χ1v) is 6.06. The zero-order valence-corrected chi connectivity index (χ0v) is 11.0. The Kier molecular flexibility index (Phi) is 3.99. The molecular weight excluding hydrogens is 250 g/mol. The highest BCUT2D eigenvalue weighted by Gasteiger charge is 2.08. The van der Waals surface area contributed by atoms with Gasteiger partial charge in [-0.1, -0.05) is 23.7 Å². The summed E-state index contributed by atoms with van der Waals surface area (Å²) in [5.41, 5.74) is 1.67. The molecule has 2 rings (SSSR count). The van der Waals surface area contributed by atoms with E-state index in [1.807, 2.05) is 38.1 Å². The van der Waals surface area contributed by atoms with Crippen molar-refractivity contribution < 1.29 is 4.74 Å². The molecule has 1 N–H and O–H groups in total. The lowest BCUT2D eigenvalue weighted by Crippen LogP contribution is -2.01. The fourth-order valence-electron chi connectivity index (χ4n) is 1.53. The first-order valence-electron chi connectivity index (χ1n) is 5.68. The van der Waals surface area contributed by atoms with Crippen LogP contribution in [-0.4, -0.2) is 16.6 Å². The van der Waals surface area contributed by atoms with Gasteiger partial charge in [0.25, 0.3) is 0 Å². The first-order chi connectivity index (χ1) is 8.72. The maximum absolute atomic E-state index is 5.96.